The number of benzene rings is 2. The molecule has 2 aromatic rings. The zero-order chi connectivity index (χ0) is 16.2. The summed E-state index contributed by atoms with van der Waals surface area (Å²) in [4.78, 5) is 0.411. The Hall–Kier alpha value is -1.87. The van der Waals surface area contributed by atoms with Crippen LogP contribution in [0.1, 0.15) is 37.5 Å². The number of hydrogen-bond acceptors (Lipinski definition) is 2. The fraction of sp³-hybridized carbons (Fsp3) is 0.316. The van der Waals surface area contributed by atoms with Crippen molar-refractivity contribution in [3.63, 3.8) is 0 Å². The van der Waals surface area contributed by atoms with Crippen molar-refractivity contribution in [1.29, 1.82) is 0 Å². The van der Waals surface area contributed by atoms with Gasteiger partial charge in [-0.2, -0.15) is 0 Å². The summed E-state index contributed by atoms with van der Waals surface area (Å²) in [5.41, 5.74) is 9.20. The lowest BCUT2D eigenvalue weighted by atomic mass is 9.88. The van der Waals surface area contributed by atoms with E-state index in [1.54, 1.807) is 0 Å². The molecule has 0 spiro atoms. The summed E-state index contributed by atoms with van der Waals surface area (Å²) in [6.07, 6.45) is 1.06. The van der Waals surface area contributed by atoms with Gasteiger partial charge in [-0.05, 0) is 41.2 Å². The molecule has 0 saturated heterocycles. The number of rotatable bonds is 5. The molecule has 2 aromatic carbocycles. The van der Waals surface area contributed by atoms with E-state index in [4.69, 9.17) is 22.7 Å². The van der Waals surface area contributed by atoms with E-state index in [1.807, 2.05) is 36.4 Å². The topological polar surface area (TPSA) is 35.2 Å². The normalized spacial score (nSPS) is 11.2. The van der Waals surface area contributed by atoms with Crippen molar-refractivity contribution in [2.45, 2.75) is 33.8 Å². The molecule has 0 aliphatic carbocycles. The molecular formula is C19H23NOS. The summed E-state index contributed by atoms with van der Waals surface area (Å²) in [5.74, 6) is 0.874. The maximum atomic E-state index is 5.83. The third-order valence-electron chi connectivity index (χ3n) is 3.27. The van der Waals surface area contributed by atoms with Crippen molar-refractivity contribution < 1.29 is 4.74 Å². The summed E-state index contributed by atoms with van der Waals surface area (Å²) in [7, 11) is 0. The lowest BCUT2D eigenvalue weighted by Crippen LogP contribution is -2.10. The molecule has 0 aliphatic rings. The monoisotopic (exact) mass is 313 g/mol. The van der Waals surface area contributed by atoms with E-state index in [9.17, 15) is 0 Å². The third-order valence-corrected chi connectivity index (χ3v) is 3.51. The Labute approximate surface area is 138 Å². The minimum absolute atomic E-state index is 0.295. The smallest absolute Gasteiger partial charge is 0.119 e. The summed E-state index contributed by atoms with van der Waals surface area (Å²) in [5, 5.41) is 0. The Balaban J connectivity index is 1.97. The van der Waals surface area contributed by atoms with Crippen molar-refractivity contribution in [1.82, 2.24) is 0 Å². The van der Waals surface area contributed by atoms with E-state index in [1.165, 1.54) is 5.56 Å². The fourth-order valence-corrected chi connectivity index (χ4v) is 2.42. The van der Waals surface area contributed by atoms with Crippen LogP contribution in [-0.2, 0) is 13.0 Å². The first-order valence-electron chi connectivity index (χ1n) is 7.44. The van der Waals surface area contributed by atoms with Crippen LogP contribution in [0.3, 0.4) is 0 Å². The van der Waals surface area contributed by atoms with Crippen molar-refractivity contribution >= 4 is 17.2 Å². The Morgan fingerprint density at radius 1 is 1.05 bits per heavy atom. The summed E-state index contributed by atoms with van der Waals surface area (Å²) < 4.78 is 5.83. The second-order valence-corrected chi connectivity index (χ2v) is 7.17. The highest BCUT2D eigenvalue weighted by molar-refractivity contribution is 7.80. The van der Waals surface area contributed by atoms with Gasteiger partial charge in [0.05, 0.1) is 0 Å². The Morgan fingerprint density at radius 2 is 1.73 bits per heavy atom. The van der Waals surface area contributed by atoms with Crippen molar-refractivity contribution in [2.75, 3.05) is 0 Å². The van der Waals surface area contributed by atoms with Crippen LogP contribution in [0.15, 0.2) is 48.5 Å². The van der Waals surface area contributed by atoms with Gasteiger partial charge in [0.2, 0.25) is 0 Å². The fourth-order valence-electron chi connectivity index (χ4n) is 2.30. The van der Waals surface area contributed by atoms with Gasteiger partial charge in [0.15, 0.2) is 0 Å². The molecule has 0 unspecified atom stereocenters. The second kappa shape index (κ2) is 6.93. The van der Waals surface area contributed by atoms with Crippen molar-refractivity contribution in [3.05, 3.63) is 65.2 Å². The highest BCUT2D eigenvalue weighted by atomic mass is 32.1. The van der Waals surface area contributed by atoms with E-state index in [-0.39, 0.29) is 0 Å². The Morgan fingerprint density at radius 3 is 2.32 bits per heavy atom. The molecule has 0 amide bonds. The zero-order valence-corrected chi connectivity index (χ0v) is 14.2. The SMILES string of the molecule is CC(C)(C)Cc1ccc(OCc2cccc(C(N)=S)c2)cc1. The molecule has 2 rings (SSSR count). The van der Waals surface area contributed by atoms with Crippen LogP contribution >= 0.6 is 12.2 Å². The molecule has 0 radical (unpaired) electrons. The molecular weight excluding hydrogens is 290 g/mol. The van der Waals surface area contributed by atoms with Gasteiger partial charge in [-0.25, -0.2) is 0 Å². The molecule has 2 N–H and O–H groups in total. The van der Waals surface area contributed by atoms with Crippen LogP contribution in [0, 0.1) is 5.41 Å². The van der Waals surface area contributed by atoms with E-state index in [2.05, 4.69) is 32.9 Å². The summed E-state index contributed by atoms with van der Waals surface area (Å²) in [6.45, 7) is 7.24. The number of thiocarbonyl (C=S) groups is 1. The van der Waals surface area contributed by atoms with Crippen LogP contribution in [0.2, 0.25) is 0 Å². The van der Waals surface area contributed by atoms with Gasteiger partial charge < -0.3 is 10.5 Å². The van der Waals surface area contributed by atoms with Crippen LogP contribution in [-0.4, -0.2) is 4.99 Å². The van der Waals surface area contributed by atoms with E-state index >= 15 is 0 Å². The minimum atomic E-state index is 0.295. The highest BCUT2D eigenvalue weighted by Crippen LogP contribution is 2.22. The molecule has 0 aromatic heterocycles. The molecule has 0 heterocycles. The molecule has 0 atom stereocenters. The maximum absolute atomic E-state index is 5.83. The number of hydrogen-bond donors (Lipinski definition) is 1. The van der Waals surface area contributed by atoms with Gasteiger partial charge in [-0.1, -0.05) is 63.3 Å². The van der Waals surface area contributed by atoms with Gasteiger partial charge in [-0.3, -0.25) is 0 Å². The zero-order valence-electron chi connectivity index (χ0n) is 13.4. The molecule has 0 fully saturated rings. The average Bonchev–Trinajstić information content (AvgIpc) is 2.45. The lowest BCUT2D eigenvalue weighted by Gasteiger charge is -2.18. The van der Waals surface area contributed by atoms with Crippen LogP contribution in [0.5, 0.6) is 5.75 Å². The van der Waals surface area contributed by atoms with E-state index in [0.29, 0.717) is 17.0 Å². The first-order chi connectivity index (χ1) is 10.3. The van der Waals surface area contributed by atoms with Crippen molar-refractivity contribution in [2.24, 2.45) is 11.1 Å². The minimum Gasteiger partial charge on any atom is -0.489 e. The van der Waals surface area contributed by atoms with Gasteiger partial charge in [0.1, 0.15) is 17.3 Å². The van der Waals surface area contributed by atoms with Gasteiger partial charge in [-0.15, -0.1) is 0 Å². The molecule has 0 saturated carbocycles. The largest absolute Gasteiger partial charge is 0.489 e. The first-order valence-corrected chi connectivity index (χ1v) is 7.85. The average molecular weight is 313 g/mol. The maximum Gasteiger partial charge on any atom is 0.119 e. The number of ether oxygens (including phenoxy) is 1. The predicted molar refractivity (Wildman–Crippen MR) is 96.3 cm³/mol. The Kier molecular flexibility index (Phi) is 5.19. The molecule has 22 heavy (non-hydrogen) atoms. The molecule has 3 heteroatoms. The molecule has 116 valence electrons. The third kappa shape index (κ3) is 5.15. The van der Waals surface area contributed by atoms with Gasteiger partial charge in [0, 0.05) is 5.56 Å². The van der Waals surface area contributed by atoms with E-state index < -0.39 is 0 Å². The summed E-state index contributed by atoms with van der Waals surface area (Å²) in [6, 6.07) is 16.1. The predicted octanol–water partition coefficient (Wildman–Crippen LogP) is 4.49. The first kappa shape index (κ1) is 16.5. The quantitative estimate of drug-likeness (QED) is 0.826. The number of nitrogens with two attached hydrogens (primary N) is 1. The van der Waals surface area contributed by atoms with Crippen molar-refractivity contribution in [3.8, 4) is 5.75 Å². The van der Waals surface area contributed by atoms with Crippen LogP contribution in [0.4, 0.5) is 0 Å². The van der Waals surface area contributed by atoms with Crippen LogP contribution in [0.25, 0.3) is 0 Å². The van der Waals surface area contributed by atoms with Crippen LogP contribution < -0.4 is 10.5 Å². The van der Waals surface area contributed by atoms with Gasteiger partial charge in [0.25, 0.3) is 0 Å². The standard InChI is InChI=1S/C19H23NOS/c1-19(2,3)12-14-7-9-17(10-8-14)21-13-15-5-4-6-16(11-15)18(20)22/h4-11H,12-13H2,1-3H3,(H2,20,22). The second-order valence-electron chi connectivity index (χ2n) is 6.73. The molecule has 0 aliphatic heterocycles. The molecule has 0 bridgehead atoms. The van der Waals surface area contributed by atoms with E-state index in [0.717, 1.165) is 23.3 Å². The molecule has 2 nitrogen and oxygen atoms in total. The lowest BCUT2D eigenvalue weighted by molar-refractivity contribution is 0.306. The summed E-state index contributed by atoms with van der Waals surface area (Å²) >= 11 is 4.99. The highest BCUT2D eigenvalue weighted by Gasteiger charge is 2.11. The Bertz CT molecular complexity index is 641. The van der Waals surface area contributed by atoms with Gasteiger partial charge >= 0.3 is 0 Å².